The number of carbonyl (C=O) groups is 4. The van der Waals surface area contributed by atoms with Crippen LogP contribution in [0.25, 0.3) is 0 Å². The minimum Gasteiger partial charge on any atom is -0.462 e. The summed E-state index contributed by atoms with van der Waals surface area (Å²) in [6, 6.07) is 0. The van der Waals surface area contributed by atoms with Crippen molar-refractivity contribution in [2.45, 2.75) is 118 Å². The van der Waals surface area contributed by atoms with Crippen LogP contribution in [-0.4, -0.2) is 76.3 Å². The number of epoxide rings is 1. The molecule has 19 atom stereocenters. The van der Waals surface area contributed by atoms with Crippen LogP contribution in [0.3, 0.4) is 0 Å². The predicted octanol–water partition coefficient (Wildman–Crippen LogP) is 3.18. The molecule has 0 bridgehead atoms. The molecule has 0 aromatic rings. The van der Waals surface area contributed by atoms with Crippen LogP contribution >= 0.6 is 0 Å². The fraction of sp³-hybridized carbons (Fsp3) is 0.833. The molecule has 260 valence electrons. The lowest BCUT2D eigenvalue weighted by atomic mass is 9.38. The fourth-order valence-electron chi connectivity index (χ4n) is 13.0. The summed E-state index contributed by atoms with van der Waals surface area (Å²) in [5.41, 5.74) is -4.47. The van der Waals surface area contributed by atoms with Crippen LogP contribution in [0.15, 0.2) is 11.8 Å². The van der Waals surface area contributed by atoms with E-state index in [1.54, 1.807) is 0 Å². The van der Waals surface area contributed by atoms with E-state index in [1.165, 1.54) is 27.7 Å². The van der Waals surface area contributed by atoms with Crippen molar-refractivity contribution in [3.63, 3.8) is 0 Å². The molecule has 2 aliphatic heterocycles. The number of rotatable bonds is 3. The maximum atomic E-state index is 13.2. The van der Waals surface area contributed by atoms with Gasteiger partial charge in [0, 0.05) is 43.9 Å². The number of carbonyl (C=O) groups excluding carboxylic acids is 4. The van der Waals surface area contributed by atoms with E-state index in [-0.39, 0.29) is 47.7 Å². The molecule has 2 unspecified atom stereocenters. The second-order valence-electron chi connectivity index (χ2n) is 16.8. The van der Waals surface area contributed by atoms with E-state index >= 15 is 0 Å². The molecule has 7 aliphatic rings. The number of aliphatic hydroxyl groups is 2. The summed E-state index contributed by atoms with van der Waals surface area (Å²) in [5.74, 6) is -4.36. The maximum Gasteiger partial charge on any atom is 0.343 e. The summed E-state index contributed by atoms with van der Waals surface area (Å²) in [5, 5.41) is 24.5. The van der Waals surface area contributed by atoms with Crippen LogP contribution in [0.2, 0.25) is 0 Å². The van der Waals surface area contributed by atoms with Crippen LogP contribution in [0.4, 0.5) is 0 Å². The summed E-state index contributed by atoms with van der Waals surface area (Å²) in [6.45, 7) is 18.2. The minimum atomic E-state index is -1.90. The van der Waals surface area contributed by atoms with Crippen molar-refractivity contribution in [1.29, 1.82) is 0 Å². The molecule has 6 fully saturated rings. The van der Waals surface area contributed by atoms with Gasteiger partial charge in [0.1, 0.15) is 30.2 Å². The second kappa shape index (κ2) is 10.0. The van der Waals surface area contributed by atoms with Crippen LogP contribution in [-0.2, 0) is 42.9 Å². The van der Waals surface area contributed by atoms with Crippen molar-refractivity contribution in [3.05, 3.63) is 11.8 Å². The first kappa shape index (κ1) is 33.0. The summed E-state index contributed by atoms with van der Waals surface area (Å²) in [6.07, 6.45) is -1.50. The van der Waals surface area contributed by atoms with Crippen molar-refractivity contribution in [2.75, 3.05) is 0 Å². The first-order chi connectivity index (χ1) is 21.7. The van der Waals surface area contributed by atoms with Gasteiger partial charge >= 0.3 is 23.9 Å². The van der Waals surface area contributed by atoms with Crippen LogP contribution in [0, 0.1) is 69.5 Å². The highest BCUT2D eigenvalue weighted by molar-refractivity contribution is 5.85. The molecule has 0 aromatic heterocycles. The molecule has 7 rings (SSSR count). The maximum absolute atomic E-state index is 13.2. The zero-order valence-corrected chi connectivity index (χ0v) is 29.0. The highest BCUT2D eigenvalue weighted by atomic mass is 16.6. The van der Waals surface area contributed by atoms with E-state index in [4.69, 9.17) is 23.7 Å². The fourth-order valence-corrected chi connectivity index (χ4v) is 13.0. The Kier molecular flexibility index (Phi) is 7.05. The lowest BCUT2D eigenvalue weighted by Gasteiger charge is -2.67. The Balaban J connectivity index is 1.47. The Morgan fingerprint density at radius 2 is 1.45 bits per heavy atom. The zero-order valence-electron chi connectivity index (χ0n) is 29.0. The molecule has 47 heavy (non-hydrogen) atoms. The Morgan fingerprint density at radius 3 is 2.04 bits per heavy atom. The Morgan fingerprint density at radius 1 is 0.851 bits per heavy atom. The molecular formula is C36H50O11. The normalized spacial score (nSPS) is 56.6. The number of fused-ring (bicyclic) bond motifs is 10. The van der Waals surface area contributed by atoms with E-state index in [2.05, 4.69) is 34.6 Å². The number of aliphatic hydroxyl groups excluding tert-OH is 1. The average Bonchev–Trinajstić information content (AvgIpc) is 3.65. The summed E-state index contributed by atoms with van der Waals surface area (Å²) in [4.78, 5) is 51.6. The van der Waals surface area contributed by atoms with Gasteiger partial charge in [-0.25, -0.2) is 4.79 Å². The number of hydrogen-bond donors (Lipinski definition) is 2. The van der Waals surface area contributed by atoms with E-state index in [0.29, 0.717) is 12.2 Å². The van der Waals surface area contributed by atoms with Crippen molar-refractivity contribution in [3.8, 4) is 0 Å². The molecule has 2 heterocycles. The lowest BCUT2D eigenvalue weighted by molar-refractivity contribution is -0.275. The Bertz CT molecular complexity index is 1450. The molecule has 0 spiro atoms. The Labute approximate surface area is 276 Å². The third-order valence-corrected chi connectivity index (χ3v) is 15.0. The summed E-state index contributed by atoms with van der Waals surface area (Å²) in [7, 11) is 0. The molecule has 0 aromatic carbocycles. The lowest BCUT2D eigenvalue weighted by Crippen LogP contribution is -2.72. The predicted molar refractivity (Wildman–Crippen MR) is 163 cm³/mol. The van der Waals surface area contributed by atoms with E-state index < -0.39 is 87.9 Å². The molecular weight excluding hydrogens is 608 g/mol. The monoisotopic (exact) mass is 658 g/mol. The zero-order chi connectivity index (χ0) is 34.5. The van der Waals surface area contributed by atoms with Gasteiger partial charge in [0.15, 0.2) is 5.60 Å². The van der Waals surface area contributed by atoms with Gasteiger partial charge in [-0.3, -0.25) is 14.4 Å². The van der Waals surface area contributed by atoms with Gasteiger partial charge in [0.05, 0.1) is 17.6 Å². The highest BCUT2D eigenvalue weighted by Crippen LogP contribution is 2.77. The van der Waals surface area contributed by atoms with Gasteiger partial charge in [-0.15, -0.1) is 0 Å². The molecule has 11 nitrogen and oxygen atoms in total. The van der Waals surface area contributed by atoms with Gasteiger partial charge in [-0.2, -0.15) is 0 Å². The van der Waals surface area contributed by atoms with Crippen molar-refractivity contribution in [1.82, 2.24) is 0 Å². The van der Waals surface area contributed by atoms with Gasteiger partial charge in [-0.05, 0) is 67.3 Å². The molecule has 5 aliphatic carbocycles. The third-order valence-electron chi connectivity index (χ3n) is 15.0. The second-order valence-corrected chi connectivity index (χ2v) is 16.8. The molecule has 2 N–H and O–H groups in total. The standard InChI is InChI=1S/C36H50O11/c1-13-11-21-35(9,36(10,42)32(41)47-21)26-23(13)33(7)15(3)14(2)24-22(25(33)30(26)44-17(5)38)27(40)28(43-16(4)37)19-12-20-29(46-20)31(34(19,24)8)45-18(6)39/h11,13-15,19-20,22-31,40,42H,12H2,1-10H3/t13-,14?,15+,19-,20+,22-,23+,24?,25-,26+,27-,28+,29+,30-,31+,33-,34+,35+,36-/m1/s1. The van der Waals surface area contributed by atoms with Crippen molar-refractivity contribution in [2.24, 2.45) is 69.5 Å². The average molecular weight is 659 g/mol. The molecule has 2 saturated heterocycles. The SMILES string of the molecule is CC(=O)O[C@@H]1[C@H]2[C@H]3C(C(C)[C@H](C)[C@]2(C)[C@@H]2[C@@H]1[C@]1(C)C(=C[C@H]2C)OC(=O)[C@@]1(C)O)[C@]1(C)[C@H](C[C@@H]2O[C@@H]2[C@@H]1OC(C)=O)[C@H](OC(C)=O)[C@@H]3O. The molecule has 11 heteroatoms. The topological polar surface area (TPSA) is 158 Å². The minimum absolute atomic E-state index is 0.00319. The van der Waals surface area contributed by atoms with Gasteiger partial charge in [-0.1, -0.05) is 34.6 Å². The molecule has 4 saturated carbocycles. The molecule has 0 radical (unpaired) electrons. The van der Waals surface area contributed by atoms with Gasteiger partial charge < -0.3 is 33.9 Å². The smallest absolute Gasteiger partial charge is 0.343 e. The van der Waals surface area contributed by atoms with Gasteiger partial charge in [0.25, 0.3) is 0 Å². The van der Waals surface area contributed by atoms with Crippen LogP contribution in [0.5, 0.6) is 0 Å². The third kappa shape index (κ3) is 3.91. The van der Waals surface area contributed by atoms with E-state index in [9.17, 15) is 29.4 Å². The van der Waals surface area contributed by atoms with Crippen LogP contribution < -0.4 is 0 Å². The largest absolute Gasteiger partial charge is 0.462 e. The van der Waals surface area contributed by atoms with Crippen molar-refractivity contribution >= 4 is 23.9 Å². The number of ether oxygens (including phenoxy) is 5. The first-order valence-electron chi connectivity index (χ1n) is 17.3. The van der Waals surface area contributed by atoms with Crippen LogP contribution in [0.1, 0.15) is 75.7 Å². The summed E-state index contributed by atoms with van der Waals surface area (Å²) >= 11 is 0. The number of hydrogen-bond acceptors (Lipinski definition) is 11. The summed E-state index contributed by atoms with van der Waals surface area (Å²) < 4.78 is 30.4. The quantitative estimate of drug-likeness (QED) is 0.261. The number of allylic oxidation sites excluding steroid dienone is 1. The highest BCUT2D eigenvalue weighted by Gasteiger charge is 2.81. The van der Waals surface area contributed by atoms with E-state index in [1.807, 2.05) is 13.0 Å². The van der Waals surface area contributed by atoms with Crippen molar-refractivity contribution < 1.29 is 53.1 Å². The van der Waals surface area contributed by atoms with Gasteiger partial charge in [0.2, 0.25) is 0 Å². The first-order valence-corrected chi connectivity index (χ1v) is 17.3. The Hall–Kier alpha value is -2.50. The molecule has 0 amide bonds. The number of esters is 4. The van der Waals surface area contributed by atoms with E-state index in [0.717, 1.165) is 0 Å².